The minimum atomic E-state index is -0.0404. The first-order valence-corrected chi connectivity index (χ1v) is 12.3. The Balaban J connectivity index is 1.10. The molecule has 168 valence electrons. The van der Waals surface area contributed by atoms with Gasteiger partial charge in [0, 0.05) is 31.1 Å². The molecular weight excluding hydrogens is 388 g/mol. The summed E-state index contributed by atoms with van der Waals surface area (Å²) in [7, 11) is 0. The molecule has 5 aliphatic rings. The second kappa shape index (κ2) is 8.48. The lowest BCUT2D eigenvalue weighted by Gasteiger charge is -2.57. The lowest BCUT2D eigenvalue weighted by atomic mass is 9.49. The molecule has 0 spiro atoms. The van der Waals surface area contributed by atoms with E-state index in [2.05, 4.69) is 10.2 Å². The molecule has 4 bridgehead atoms. The molecule has 5 nitrogen and oxygen atoms in total. The fourth-order valence-corrected chi connectivity index (χ4v) is 7.35. The van der Waals surface area contributed by atoms with Gasteiger partial charge in [-0.2, -0.15) is 0 Å². The number of hydrogen-bond acceptors (Lipinski definition) is 3. The summed E-state index contributed by atoms with van der Waals surface area (Å²) in [6.45, 7) is 4.09. The summed E-state index contributed by atoms with van der Waals surface area (Å²) in [6.07, 6.45) is 10.6. The molecule has 5 fully saturated rings. The molecule has 6 rings (SSSR count). The molecule has 1 aromatic rings. The van der Waals surface area contributed by atoms with Gasteiger partial charge in [0.25, 0.3) is 5.91 Å². The number of nitrogens with zero attached hydrogens (tertiary/aromatic N) is 1. The SMILES string of the molecule is CCOc1ccc(C(=O)NC2CCN(C(=O)CC34CC5CC(CC(C5)C3)C4)CC2)cc1. The highest BCUT2D eigenvalue weighted by Crippen LogP contribution is 2.61. The maximum absolute atomic E-state index is 13.1. The predicted octanol–water partition coefficient (Wildman–Crippen LogP) is 4.41. The number of amides is 2. The molecule has 1 saturated heterocycles. The fraction of sp³-hybridized carbons (Fsp3) is 0.692. The van der Waals surface area contributed by atoms with Gasteiger partial charge in [-0.15, -0.1) is 0 Å². The molecule has 0 unspecified atom stereocenters. The van der Waals surface area contributed by atoms with Crippen molar-refractivity contribution < 1.29 is 14.3 Å². The van der Waals surface area contributed by atoms with Crippen molar-refractivity contribution in [3.63, 3.8) is 0 Å². The van der Waals surface area contributed by atoms with Crippen LogP contribution in [0.4, 0.5) is 0 Å². The number of nitrogens with one attached hydrogen (secondary N) is 1. The molecule has 4 saturated carbocycles. The zero-order valence-corrected chi connectivity index (χ0v) is 18.8. The quantitative estimate of drug-likeness (QED) is 0.736. The van der Waals surface area contributed by atoms with Crippen LogP contribution >= 0.6 is 0 Å². The van der Waals surface area contributed by atoms with Crippen molar-refractivity contribution in [2.45, 2.75) is 70.8 Å². The topological polar surface area (TPSA) is 58.6 Å². The van der Waals surface area contributed by atoms with Crippen LogP contribution in [-0.2, 0) is 4.79 Å². The molecule has 4 aliphatic carbocycles. The molecular formula is C26H36N2O3. The number of carbonyl (C=O) groups excluding carboxylic acids is 2. The van der Waals surface area contributed by atoms with E-state index >= 15 is 0 Å². The van der Waals surface area contributed by atoms with Gasteiger partial charge in [-0.25, -0.2) is 0 Å². The highest BCUT2D eigenvalue weighted by molar-refractivity contribution is 5.94. The number of likely N-dealkylation sites (tertiary alicyclic amines) is 1. The lowest BCUT2D eigenvalue weighted by molar-refractivity contribution is -0.140. The normalized spacial score (nSPS) is 32.2. The van der Waals surface area contributed by atoms with Gasteiger partial charge in [0.2, 0.25) is 5.91 Å². The Kier molecular flexibility index (Phi) is 5.70. The van der Waals surface area contributed by atoms with Gasteiger partial charge in [0.1, 0.15) is 5.75 Å². The van der Waals surface area contributed by atoms with Crippen LogP contribution in [0.2, 0.25) is 0 Å². The maximum Gasteiger partial charge on any atom is 0.251 e. The average molecular weight is 425 g/mol. The lowest BCUT2D eigenvalue weighted by Crippen LogP contribution is -2.50. The standard InChI is InChI=1S/C26H36N2O3/c1-2-31-23-5-3-21(4-6-23)25(30)27-22-7-9-28(10-8-22)24(29)17-26-14-18-11-19(15-26)13-20(12-18)16-26/h3-6,18-20,22H,2,7-17H2,1H3,(H,27,30). The number of benzene rings is 1. The van der Waals surface area contributed by atoms with Crippen LogP contribution in [0.5, 0.6) is 5.75 Å². The van der Waals surface area contributed by atoms with Crippen molar-refractivity contribution in [1.29, 1.82) is 0 Å². The van der Waals surface area contributed by atoms with E-state index in [1.165, 1.54) is 38.5 Å². The van der Waals surface area contributed by atoms with Crippen molar-refractivity contribution >= 4 is 11.8 Å². The third kappa shape index (κ3) is 4.47. The van der Waals surface area contributed by atoms with Gasteiger partial charge in [-0.05, 0) is 106 Å². The predicted molar refractivity (Wildman–Crippen MR) is 120 cm³/mol. The van der Waals surface area contributed by atoms with Gasteiger partial charge in [0.15, 0.2) is 0 Å². The van der Waals surface area contributed by atoms with Crippen LogP contribution < -0.4 is 10.1 Å². The second-order valence-electron chi connectivity index (χ2n) is 10.7. The Bertz CT molecular complexity index is 775. The number of piperidine rings is 1. The number of carbonyl (C=O) groups is 2. The van der Waals surface area contributed by atoms with Gasteiger partial charge in [-0.3, -0.25) is 9.59 Å². The molecule has 0 radical (unpaired) electrons. The Labute approximate surface area is 185 Å². The minimum Gasteiger partial charge on any atom is -0.494 e. The number of ether oxygens (including phenoxy) is 1. The Morgan fingerprint density at radius 3 is 2.13 bits per heavy atom. The van der Waals surface area contributed by atoms with Crippen molar-refractivity contribution in [3.8, 4) is 5.75 Å². The Morgan fingerprint density at radius 2 is 1.58 bits per heavy atom. The highest BCUT2D eigenvalue weighted by Gasteiger charge is 2.51. The Hall–Kier alpha value is -2.04. The molecule has 1 heterocycles. The van der Waals surface area contributed by atoms with Gasteiger partial charge in [0.05, 0.1) is 6.61 Å². The monoisotopic (exact) mass is 424 g/mol. The van der Waals surface area contributed by atoms with Crippen LogP contribution in [0.25, 0.3) is 0 Å². The molecule has 1 aromatic carbocycles. The molecule has 1 aliphatic heterocycles. The van der Waals surface area contributed by atoms with Crippen LogP contribution in [0.15, 0.2) is 24.3 Å². The average Bonchev–Trinajstić information content (AvgIpc) is 2.73. The molecule has 1 N–H and O–H groups in total. The smallest absolute Gasteiger partial charge is 0.251 e. The van der Waals surface area contributed by atoms with E-state index in [4.69, 9.17) is 4.74 Å². The molecule has 0 aromatic heterocycles. The number of rotatable bonds is 6. The van der Waals surface area contributed by atoms with Crippen LogP contribution in [0, 0.1) is 23.2 Å². The summed E-state index contributed by atoms with van der Waals surface area (Å²) < 4.78 is 5.44. The maximum atomic E-state index is 13.1. The van der Waals surface area contributed by atoms with E-state index in [9.17, 15) is 9.59 Å². The second-order valence-corrected chi connectivity index (χ2v) is 10.7. The van der Waals surface area contributed by atoms with Crippen LogP contribution in [-0.4, -0.2) is 42.5 Å². The first-order valence-electron chi connectivity index (χ1n) is 12.3. The third-order valence-electron chi connectivity index (χ3n) is 8.30. The van der Waals surface area contributed by atoms with Gasteiger partial charge < -0.3 is 15.0 Å². The zero-order valence-electron chi connectivity index (χ0n) is 18.8. The summed E-state index contributed by atoms with van der Waals surface area (Å²) in [4.78, 5) is 27.8. The molecule has 31 heavy (non-hydrogen) atoms. The molecule has 0 atom stereocenters. The van der Waals surface area contributed by atoms with E-state index in [-0.39, 0.29) is 11.9 Å². The summed E-state index contributed by atoms with van der Waals surface area (Å²) >= 11 is 0. The van der Waals surface area contributed by atoms with E-state index in [0.717, 1.165) is 55.9 Å². The minimum absolute atomic E-state index is 0.0404. The van der Waals surface area contributed by atoms with E-state index in [1.807, 2.05) is 31.2 Å². The van der Waals surface area contributed by atoms with Crippen molar-refractivity contribution in [2.75, 3.05) is 19.7 Å². The Morgan fingerprint density at radius 1 is 1.00 bits per heavy atom. The molecule has 5 heteroatoms. The van der Waals surface area contributed by atoms with Crippen molar-refractivity contribution in [1.82, 2.24) is 10.2 Å². The zero-order chi connectivity index (χ0) is 21.4. The summed E-state index contributed by atoms with van der Waals surface area (Å²) in [5.74, 6) is 3.78. The summed E-state index contributed by atoms with van der Waals surface area (Å²) in [5, 5.41) is 3.15. The first-order chi connectivity index (χ1) is 15.0. The van der Waals surface area contributed by atoms with Crippen molar-refractivity contribution in [3.05, 3.63) is 29.8 Å². The summed E-state index contributed by atoms with van der Waals surface area (Å²) in [5.41, 5.74) is 0.966. The largest absolute Gasteiger partial charge is 0.494 e. The highest BCUT2D eigenvalue weighted by atomic mass is 16.5. The van der Waals surface area contributed by atoms with Gasteiger partial charge in [-0.1, -0.05) is 0 Å². The van der Waals surface area contributed by atoms with E-state index in [0.29, 0.717) is 23.5 Å². The van der Waals surface area contributed by atoms with Crippen molar-refractivity contribution in [2.24, 2.45) is 23.2 Å². The first kappa shape index (κ1) is 20.8. The van der Waals surface area contributed by atoms with Crippen LogP contribution in [0.1, 0.15) is 75.1 Å². The summed E-state index contributed by atoms with van der Waals surface area (Å²) in [6, 6.07) is 7.44. The van der Waals surface area contributed by atoms with E-state index in [1.54, 1.807) is 0 Å². The van der Waals surface area contributed by atoms with E-state index < -0.39 is 0 Å². The van der Waals surface area contributed by atoms with Gasteiger partial charge >= 0.3 is 0 Å². The fourth-order valence-electron chi connectivity index (χ4n) is 7.35. The molecule has 2 amide bonds. The van der Waals surface area contributed by atoms with Crippen LogP contribution in [0.3, 0.4) is 0 Å². The third-order valence-corrected chi connectivity index (χ3v) is 8.30. The number of hydrogen-bond donors (Lipinski definition) is 1.